The van der Waals surface area contributed by atoms with E-state index in [0.717, 1.165) is 5.41 Å². The van der Waals surface area contributed by atoms with Crippen LogP contribution in [0.25, 0.3) is 0 Å². The summed E-state index contributed by atoms with van der Waals surface area (Å²) in [7, 11) is -3.26. The number of carbonyl (C=O) groups is 2. The summed E-state index contributed by atoms with van der Waals surface area (Å²) in [5.41, 5.74) is -0.602. The average molecular weight is 381 g/mol. The highest BCUT2D eigenvalue weighted by atomic mass is 32.2. The number of nitrogens with one attached hydrogen (secondary N) is 1. The van der Waals surface area contributed by atoms with Crippen molar-refractivity contribution in [1.29, 1.82) is 0 Å². The lowest BCUT2D eigenvalue weighted by Gasteiger charge is -2.32. The molecule has 0 spiro atoms. The van der Waals surface area contributed by atoms with E-state index >= 15 is 0 Å². The molecule has 0 saturated heterocycles. The van der Waals surface area contributed by atoms with Crippen LogP contribution < -0.4 is 14.8 Å². The van der Waals surface area contributed by atoms with Gasteiger partial charge in [-0.25, -0.2) is 8.42 Å². The summed E-state index contributed by atoms with van der Waals surface area (Å²) in [6.07, 6.45) is 1.55. The summed E-state index contributed by atoms with van der Waals surface area (Å²) in [6, 6.07) is 2.10. The first-order valence-corrected chi connectivity index (χ1v) is 9.68. The first-order chi connectivity index (χ1) is 12.0. The molecule has 1 amide bonds. The Balaban J connectivity index is 1.66. The number of benzene rings is 1. The maximum absolute atomic E-state index is 12.1. The van der Waals surface area contributed by atoms with Gasteiger partial charge in [0.2, 0.25) is 0 Å². The fraction of sp³-hybridized carbons (Fsp3) is 0.412. The van der Waals surface area contributed by atoms with E-state index in [0.29, 0.717) is 0 Å². The van der Waals surface area contributed by atoms with Crippen LogP contribution in [0.3, 0.4) is 0 Å². The molecule has 140 valence electrons. The SMILES string of the molecule is CC1(C)CC(=O)c2c(O)cc(OCC(=O)NC3C=CS(=O)(=O)C3)cc2O1. The van der Waals surface area contributed by atoms with E-state index in [1.165, 1.54) is 18.2 Å². The van der Waals surface area contributed by atoms with E-state index in [9.17, 15) is 23.1 Å². The Morgan fingerprint density at radius 2 is 2.15 bits per heavy atom. The lowest BCUT2D eigenvalue weighted by atomic mass is 9.92. The van der Waals surface area contributed by atoms with Gasteiger partial charge in [0.15, 0.2) is 22.2 Å². The molecule has 9 heteroatoms. The number of Topliss-reactive ketones (excluding diaryl/α,β-unsaturated/α-hetero) is 1. The number of sulfone groups is 1. The molecule has 0 aromatic heterocycles. The standard InChI is InChI=1S/C17H19NO7S/c1-17(2)7-13(20)16-12(19)5-11(6-14(16)25-17)24-8-15(21)18-10-3-4-26(22,23)9-10/h3-6,10,19H,7-9H2,1-2H3,(H,18,21). The number of amides is 1. The normalized spacial score (nSPS) is 22.4. The molecule has 2 heterocycles. The van der Waals surface area contributed by atoms with Gasteiger partial charge in [-0.05, 0) is 19.9 Å². The Kier molecular flexibility index (Phi) is 4.43. The van der Waals surface area contributed by atoms with Gasteiger partial charge in [-0.15, -0.1) is 0 Å². The molecule has 1 aromatic carbocycles. The number of hydrogen-bond donors (Lipinski definition) is 2. The molecule has 1 aromatic rings. The van der Waals surface area contributed by atoms with E-state index in [-0.39, 0.29) is 47.4 Å². The molecule has 2 aliphatic heterocycles. The Bertz CT molecular complexity index is 902. The van der Waals surface area contributed by atoms with E-state index in [1.807, 2.05) is 0 Å². The number of phenolic OH excluding ortho intramolecular Hbond substituents is 1. The van der Waals surface area contributed by atoms with Gasteiger partial charge in [-0.2, -0.15) is 0 Å². The number of hydrogen-bond acceptors (Lipinski definition) is 7. The predicted molar refractivity (Wildman–Crippen MR) is 92.1 cm³/mol. The fourth-order valence-electron chi connectivity index (χ4n) is 2.89. The summed E-state index contributed by atoms with van der Waals surface area (Å²) in [5, 5.41) is 13.7. The van der Waals surface area contributed by atoms with Crippen LogP contribution in [-0.4, -0.2) is 49.2 Å². The van der Waals surface area contributed by atoms with Gasteiger partial charge in [0.25, 0.3) is 5.91 Å². The highest BCUT2D eigenvalue weighted by Gasteiger charge is 2.35. The number of rotatable bonds is 4. The summed E-state index contributed by atoms with van der Waals surface area (Å²) >= 11 is 0. The first-order valence-electron chi connectivity index (χ1n) is 7.97. The van der Waals surface area contributed by atoms with Crippen molar-refractivity contribution in [3.63, 3.8) is 0 Å². The van der Waals surface area contributed by atoms with Crippen LogP contribution in [0.4, 0.5) is 0 Å². The smallest absolute Gasteiger partial charge is 0.258 e. The molecule has 3 rings (SSSR count). The number of phenols is 1. The molecular weight excluding hydrogens is 362 g/mol. The molecular formula is C17H19NO7S. The third-order valence-corrected chi connectivity index (χ3v) is 5.35. The number of carbonyl (C=O) groups excluding carboxylic acids is 2. The number of fused-ring (bicyclic) bond motifs is 1. The maximum Gasteiger partial charge on any atom is 0.258 e. The Labute approximate surface area is 150 Å². The van der Waals surface area contributed by atoms with Gasteiger partial charge in [-0.3, -0.25) is 9.59 Å². The topological polar surface area (TPSA) is 119 Å². The molecule has 0 radical (unpaired) electrons. The van der Waals surface area contributed by atoms with Crippen molar-refractivity contribution in [2.24, 2.45) is 0 Å². The Hall–Kier alpha value is -2.55. The van der Waals surface area contributed by atoms with Crippen LogP contribution in [0, 0.1) is 0 Å². The summed E-state index contributed by atoms with van der Waals surface area (Å²) < 4.78 is 33.7. The van der Waals surface area contributed by atoms with Crippen LogP contribution in [0.1, 0.15) is 30.6 Å². The zero-order valence-corrected chi connectivity index (χ0v) is 15.1. The van der Waals surface area contributed by atoms with Gasteiger partial charge in [-0.1, -0.05) is 0 Å². The van der Waals surface area contributed by atoms with Gasteiger partial charge >= 0.3 is 0 Å². The van der Waals surface area contributed by atoms with Crippen LogP contribution >= 0.6 is 0 Å². The summed E-state index contributed by atoms with van der Waals surface area (Å²) in [4.78, 5) is 24.0. The maximum atomic E-state index is 12.1. The second-order valence-corrected chi connectivity index (χ2v) is 8.83. The zero-order valence-electron chi connectivity index (χ0n) is 14.3. The van der Waals surface area contributed by atoms with Gasteiger partial charge in [0.1, 0.15) is 28.4 Å². The van der Waals surface area contributed by atoms with Crippen LogP contribution in [0.2, 0.25) is 0 Å². The van der Waals surface area contributed by atoms with E-state index in [2.05, 4.69) is 5.32 Å². The zero-order chi connectivity index (χ0) is 19.1. The molecule has 26 heavy (non-hydrogen) atoms. The largest absolute Gasteiger partial charge is 0.507 e. The van der Waals surface area contributed by atoms with Crippen molar-refractivity contribution in [3.8, 4) is 17.2 Å². The fourth-order valence-corrected chi connectivity index (χ4v) is 4.13. The number of ether oxygens (including phenoxy) is 2. The average Bonchev–Trinajstić information content (AvgIpc) is 2.81. The van der Waals surface area contributed by atoms with E-state index in [1.54, 1.807) is 13.8 Å². The predicted octanol–water partition coefficient (Wildman–Crippen LogP) is 0.942. The lowest BCUT2D eigenvalue weighted by Crippen LogP contribution is -2.38. The lowest BCUT2D eigenvalue weighted by molar-refractivity contribution is -0.123. The molecule has 2 aliphatic rings. The van der Waals surface area contributed by atoms with Crippen molar-refractivity contribution in [2.45, 2.75) is 31.9 Å². The van der Waals surface area contributed by atoms with E-state index < -0.39 is 27.4 Å². The van der Waals surface area contributed by atoms with Crippen LogP contribution in [0.15, 0.2) is 23.6 Å². The third-order valence-electron chi connectivity index (χ3n) is 3.95. The molecule has 8 nitrogen and oxygen atoms in total. The van der Waals surface area contributed by atoms with Crippen LogP contribution in [0.5, 0.6) is 17.2 Å². The molecule has 0 aliphatic carbocycles. The van der Waals surface area contributed by atoms with Gasteiger partial charge in [0.05, 0.1) is 18.2 Å². The highest BCUT2D eigenvalue weighted by Crippen LogP contribution is 2.40. The van der Waals surface area contributed by atoms with Gasteiger partial charge < -0.3 is 19.9 Å². The highest BCUT2D eigenvalue weighted by molar-refractivity contribution is 7.94. The minimum absolute atomic E-state index is 0.0995. The quantitative estimate of drug-likeness (QED) is 0.797. The molecule has 1 unspecified atom stereocenters. The molecule has 0 fully saturated rings. The summed E-state index contributed by atoms with van der Waals surface area (Å²) in [6.45, 7) is 3.14. The minimum atomic E-state index is -3.26. The molecule has 0 bridgehead atoms. The molecule has 2 N–H and O–H groups in total. The van der Waals surface area contributed by atoms with Crippen molar-refractivity contribution >= 4 is 21.5 Å². The van der Waals surface area contributed by atoms with Crippen molar-refractivity contribution < 1.29 is 32.6 Å². The first kappa shape index (κ1) is 18.2. The van der Waals surface area contributed by atoms with Crippen molar-refractivity contribution in [2.75, 3.05) is 12.4 Å². The summed E-state index contributed by atoms with van der Waals surface area (Å²) in [5.74, 6) is -0.826. The number of aromatic hydroxyl groups is 1. The molecule has 0 saturated carbocycles. The molecule has 1 atom stereocenters. The van der Waals surface area contributed by atoms with Crippen LogP contribution in [-0.2, 0) is 14.6 Å². The minimum Gasteiger partial charge on any atom is -0.507 e. The van der Waals surface area contributed by atoms with Crippen molar-refractivity contribution in [3.05, 3.63) is 29.2 Å². The van der Waals surface area contributed by atoms with Gasteiger partial charge in [0, 0.05) is 17.5 Å². The number of ketones is 1. The van der Waals surface area contributed by atoms with E-state index in [4.69, 9.17) is 9.47 Å². The monoisotopic (exact) mass is 381 g/mol. The van der Waals surface area contributed by atoms with Crippen molar-refractivity contribution in [1.82, 2.24) is 5.32 Å². The third kappa shape index (κ3) is 3.98. The second-order valence-electron chi connectivity index (χ2n) is 6.90. The Morgan fingerprint density at radius 1 is 1.42 bits per heavy atom. The second kappa shape index (κ2) is 6.31. The Morgan fingerprint density at radius 3 is 2.81 bits per heavy atom.